The molecule has 122 valence electrons. The number of carbonyl (C=O) groups excluding carboxylic acids is 1. The molecule has 1 atom stereocenters. The van der Waals surface area contributed by atoms with Crippen LogP contribution in [0.4, 0.5) is 5.69 Å². The molecule has 1 aliphatic heterocycles. The lowest BCUT2D eigenvalue weighted by Gasteiger charge is -2.13. The van der Waals surface area contributed by atoms with Gasteiger partial charge in [-0.3, -0.25) is 4.79 Å². The fourth-order valence-corrected chi connectivity index (χ4v) is 3.25. The molecule has 22 heavy (non-hydrogen) atoms. The molecule has 0 radical (unpaired) electrons. The van der Waals surface area contributed by atoms with Gasteiger partial charge in [-0.1, -0.05) is 0 Å². The number of nitrogens with two attached hydrogens (primary N) is 1. The van der Waals surface area contributed by atoms with E-state index in [2.05, 4.69) is 10.6 Å². The summed E-state index contributed by atoms with van der Waals surface area (Å²) in [6, 6.07) is 2.94. The zero-order valence-electron chi connectivity index (χ0n) is 13.0. The number of primary sulfonamides is 1. The average Bonchev–Trinajstić information content (AvgIpc) is 2.93. The molecular weight excluding hydrogens is 302 g/mol. The zero-order chi connectivity index (χ0) is 16.3. The number of amides is 1. The second kappa shape index (κ2) is 6.76. The first kappa shape index (κ1) is 16.9. The maximum atomic E-state index is 12.1. The van der Waals surface area contributed by atoms with Crippen molar-refractivity contribution >= 4 is 21.6 Å². The van der Waals surface area contributed by atoms with Gasteiger partial charge in [-0.05, 0) is 69.0 Å². The standard InChI is InChI=1S/C15H23N3O3S/c1-10-7-13(22(16,20)21)8-14(11(10)2)18-15(19)4-3-12-5-6-17-9-12/h7-8,12,17H,3-6,9H2,1-2H3,(H,18,19)(H2,16,20,21). The molecule has 1 aromatic carbocycles. The third kappa shape index (κ3) is 4.28. The lowest BCUT2D eigenvalue weighted by molar-refractivity contribution is -0.116. The summed E-state index contributed by atoms with van der Waals surface area (Å²) in [6.07, 6.45) is 2.38. The van der Waals surface area contributed by atoms with Gasteiger partial charge in [0.05, 0.1) is 4.90 Å². The molecule has 1 aliphatic rings. The van der Waals surface area contributed by atoms with Gasteiger partial charge in [0.25, 0.3) is 0 Å². The van der Waals surface area contributed by atoms with Crippen LogP contribution in [-0.4, -0.2) is 27.4 Å². The van der Waals surface area contributed by atoms with Crippen molar-refractivity contribution in [2.75, 3.05) is 18.4 Å². The van der Waals surface area contributed by atoms with Gasteiger partial charge in [-0.2, -0.15) is 0 Å². The lowest BCUT2D eigenvalue weighted by Crippen LogP contribution is -2.17. The Labute approximate surface area is 131 Å². The van der Waals surface area contributed by atoms with E-state index in [0.29, 0.717) is 18.0 Å². The topological polar surface area (TPSA) is 101 Å². The maximum Gasteiger partial charge on any atom is 0.238 e. The van der Waals surface area contributed by atoms with Crippen molar-refractivity contribution in [3.05, 3.63) is 23.3 Å². The van der Waals surface area contributed by atoms with E-state index in [0.717, 1.165) is 37.1 Å². The third-order valence-corrected chi connectivity index (χ3v) is 5.08. The molecule has 0 aromatic heterocycles. The number of rotatable bonds is 5. The van der Waals surface area contributed by atoms with Crippen molar-refractivity contribution in [3.8, 4) is 0 Å². The normalized spacial score (nSPS) is 18.4. The molecular formula is C15H23N3O3S. The molecule has 0 bridgehead atoms. The van der Waals surface area contributed by atoms with Crippen LogP contribution < -0.4 is 15.8 Å². The minimum absolute atomic E-state index is 0.0193. The Morgan fingerprint density at radius 3 is 2.73 bits per heavy atom. The van der Waals surface area contributed by atoms with Gasteiger partial charge in [-0.25, -0.2) is 13.6 Å². The average molecular weight is 325 g/mol. The largest absolute Gasteiger partial charge is 0.326 e. The van der Waals surface area contributed by atoms with E-state index in [-0.39, 0.29) is 10.8 Å². The summed E-state index contributed by atoms with van der Waals surface area (Å²) in [4.78, 5) is 12.1. The summed E-state index contributed by atoms with van der Waals surface area (Å²) in [6.45, 7) is 5.62. The van der Waals surface area contributed by atoms with E-state index in [1.807, 2.05) is 6.92 Å². The Kier molecular flexibility index (Phi) is 5.20. The SMILES string of the molecule is Cc1cc(S(N)(=O)=O)cc(NC(=O)CCC2CCNC2)c1C. The summed E-state index contributed by atoms with van der Waals surface area (Å²) in [5.74, 6) is 0.449. The first-order valence-corrected chi connectivity index (χ1v) is 8.96. The molecule has 1 amide bonds. The van der Waals surface area contributed by atoms with Crippen molar-refractivity contribution in [1.29, 1.82) is 0 Å². The molecule has 4 N–H and O–H groups in total. The lowest BCUT2D eigenvalue weighted by atomic mass is 10.0. The van der Waals surface area contributed by atoms with Gasteiger partial charge >= 0.3 is 0 Å². The molecule has 7 heteroatoms. The van der Waals surface area contributed by atoms with Gasteiger partial charge in [0.1, 0.15) is 0 Å². The number of anilines is 1. The Morgan fingerprint density at radius 2 is 2.14 bits per heavy atom. The van der Waals surface area contributed by atoms with E-state index in [9.17, 15) is 13.2 Å². The number of benzene rings is 1. The predicted molar refractivity (Wildman–Crippen MR) is 86.1 cm³/mol. The molecule has 1 saturated heterocycles. The molecule has 1 unspecified atom stereocenters. The van der Waals surface area contributed by atoms with Crippen molar-refractivity contribution in [1.82, 2.24) is 5.32 Å². The highest BCUT2D eigenvalue weighted by atomic mass is 32.2. The van der Waals surface area contributed by atoms with Gasteiger partial charge in [0.15, 0.2) is 0 Å². The zero-order valence-corrected chi connectivity index (χ0v) is 13.8. The number of carbonyl (C=O) groups is 1. The number of hydrogen-bond donors (Lipinski definition) is 3. The second-order valence-electron chi connectivity index (χ2n) is 5.90. The van der Waals surface area contributed by atoms with E-state index in [4.69, 9.17) is 5.14 Å². The van der Waals surface area contributed by atoms with E-state index in [1.165, 1.54) is 12.1 Å². The Morgan fingerprint density at radius 1 is 1.41 bits per heavy atom. The van der Waals surface area contributed by atoms with E-state index < -0.39 is 10.0 Å². The van der Waals surface area contributed by atoms with E-state index >= 15 is 0 Å². The van der Waals surface area contributed by atoms with Crippen LogP contribution in [0.25, 0.3) is 0 Å². The Bertz CT molecular complexity index is 665. The number of hydrogen-bond acceptors (Lipinski definition) is 4. The molecule has 0 spiro atoms. The van der Waals surface area contributed by atoms with Crippen molar-refractivity contribution in [3.63, 3.8) is 0 Å². The third-order valence-electron chi connectivity index (χ3n) is 4.19. The van der Waals surface area contributed by atoms with Crippen LogP contribution in [0.1, 0.15) is 30.4 Å². The minimum Gasteiger partial charge on any atom is -0.326 e. The summed E-state index contributed by atoms with van der Waals surface area (Å²) in [5, 5.41) is 11.3. The summed E-state index contributed by atoms with van der Waals surface area (Å²) >= 11 is 0. The van der Waals surface area contributed by atoms with Gasteiger partial charge in [-0.15, -0.1) is 0 Å². The molecule has 2 rings (SSSR count). The Balaban J connectivity index is 2.07. The highest BCUT2D eigenvalue weighted by molar-refractivity contribution is 7.89. The number of aryl methyl sites for hydroxylation is 1. The molecule has 1 aromatic rings. The van der Waals surface area contributed by atoms with Crippen molar-refractivity contribution in [2.45, 2.75) is 38.0 Å². The molecule has 0 aliphatic carbocycles. The fraction of sp³-hybridized carbons (Fsp3) is 0.533. The monoisotopic (exact) mass is 325 g/mol. The number of sulfonamides is 1. The van der Waals surface area contributed by atoms with E-state index in [1.54, 1.807) is 6.92 Å². The van der Waals surface area contributed by atoms with Crippen molar-refractivity contribution < 1.29 is 13.2 Å². The first-order valence-electron chi connectivity index (χ1n) is 7.42. The van der Waals surface area contributed by atoms with Gasteiger partial charge in [0, 0.05) is 12.1 Å². The quantitative estimate of drug-likeness (QED) is 0.759. The van der Waals surface area contributed by atoms with Gasteiger partial charge < -0.3 is 10.6 Å². The summed E-state index contributed by atoms with van der Waals surface area (Å²) in [5.41, 5.74) is 2.14. The smallest absolute Gasteiger partial charge is 0.238 e. The molecule has 1 heterocycles. The van der Waals surface area contributed by atoms with Crippen molar-refractivity contribution in [2.24, 2.45) is 11.1 Å². The predicted octanol–water partition coefficient (Wildman–Crippen LogP) is 1.28. The summed E-state index contributed by atoms with van der Waals surface area (Å²) in [7, 11) is -3.79. The van der Waals surface area contributed by atoms with Crippen LogP contribution in [0.15, 0.2) is 17.0 Å². The van der Waals surface area contributed by atoms with Crippen LogP contribution >= 0.6 is 0 Å². The van der Waals surface area contributed by atoms with Crippen LogP contribution in [0.3, 0.4) is 0 Å². The maximum absolute atomic E-state index is 12.1. The molecule has 6 nitrogen and oxygen atoms in total. The fourth-order valence-electron chi connectivity index (χ4n) is 2.63. The van der Waals surface area contributed by atoms with Crippen LogP contribution in [0.5, 0.6) is 0 Å². The Hall–Kier alpha value is -1.44. The van der Waals surface area contributed by atoms with Crippen LogP contribution in [0, 0.1) is 19.8 Å². The highest BCUT2D eigenvalue weighted by Gasteiger charge is 2.17. The highest BCUT2D eigenvalue weighted by Crippen LogP contribution is 2.24. The molecule has 0 saturated carbocycles. The van der Waals surface area contributed by atoms with Crippen LogP contribution in [0.2, 0.25) is 0 Å². The van der Waals surface area contributed by atoms with Gasteiger partial charge in [0.2, 0.25) is 15.9 Å². The summed E-state index contributed by atoms with van der Waals surface area (Å²) < 4.78 is 23.0. The van der Waals surface area contributed by atoms with Crippen LogP contribution in [-0.2, 0) is 14.8 Å². The first-order chi connectivity index (χ1) is 10.3. The second-order valence-corrected chi connectivity index (χ2v) is 7.46. The minimum atomic E-state index is -3.79. The number of nitrogens with one attached hydrogen (secondary N) is 2. The molecule has 1 fully saturated rings.